The molecule has 2 rings (SSSR count). The Labute approximate surface area is 128 Å². The zero-order chi connectivity index (χ0) is 15.5. The van der Waals surface area contributed by atoms with Crippen molar-refractivity contribution in [3.63, 3.8) is 0 Å². The van der Waals surface area contributed by atoms with Gasteiger partial charge in [0.1, 0.15) is 0 Å². The number of aryl methyl sites for hydroxylation is 1. The predicted molar refractivity (Wildman–Crippen MR) is 85.7 cm³/mol. The van der Waals surface area contributed by atoms with Crippen molar-refractivity contribution in [1.82, 2.24) is 10.0 Å². The molecule has 0 bridgehead atoms. The lowest BCUT2D eigenvalue weighted by molar-refractivity contribution is 0.449. The van der Waals surface area contributed by atoms with Gasteiger partial charge in [0, 0.05) is 13.1 Å². The molecule has 0 atom stereocenters. The third kappa shape index (κ3) is 4.05. The zero-order valence-corrected chi connectivity index (χ0v) is 14.0. The average Bonchev–Trinajstić information content (AvgIpc) is 3.20. The summed E-state index contributed by atoms with van der Waals surface area (Å²) >= 11 is 0. The molecule has 0 saturated heterocycles. The van der Waals surface area contributed by atoms with Gasteiger partial charge in [-0.2, -0.15) is 0 Å². The summed E-state index contributed by atoms with van der Waals surface area (Å²) in [4.78, 5) is 0.366. The summed E-state index contributed by atoms with van der Waals surface area (Å²) in [5, 5.41) is 3.07. The van der Waals surface area contributed by atoms with Crippen molar-refractivity contribution in [2.45, 2.75) is 51.0 Å². The van der Waals surface area contributed by atoms with Crippen molar-refractivity contribution < 1.29 is 8.42 Å². The predicted octanol–water partition coefficient (Wildman–Crippen LogP) is 2.57. The normalized spacial score (nSPS) is 16.9. The van der Waals surface area contributed by atoms with Crippen molar-refractivity contribution in [3.8, 4) is 0 Å². The minimum Gasteiger partial charge on any atom is -0.316 e. The zero-order valence-electron chi connectivity index (χ0n) is 13.2. The van der Waals surface area contributed by atoms with Crippen molar-refractivity contribution in [2.24, 2.45) is 5.41 Å². The molecule has 0 heterocycles. The van der Waals surface area contributed by atoms with Crippen molar-refractivity contribution >= 4 is 10.0 Å². The second-order valence-corrected chi connectivity index (χ2v) is 7.96. The fraction of sp³-hybridized carbons (Fsp3) is 0.625. The molecule has 0 radical (unpaired) electrons. The Morgan fingerprint density at radius 3 is 2.57 bits per heavy atom. The summed E-state index contributed by atoms with van der Waals surface area (Å²) in [5.74, 6) is 0. The van der Waals surface area contributed by atoms with Crippen LogP contribution in [0.1, 0.15) is 43.7 Å². The number of hydrogen-bond donors (Lipinski definition) is 2. The Balaban J connectivity index is 2.10. The van der Waals surface area contributed by atoms with Crippen LogP contribution in [0.2, 0.25) is 0 Å². The monoisotopic (exact) mass is 310 g/mol. The van der Waals surface area contributed by atoms with E-state index in [4.69, 9.17) is 0 Å². The van der Waals surface area contributed by atoms with Crippen LogP contribution in [0.5, 0.6) is 0 Å². The molecule has 1 aliphatic rings. The van der Waals surface area contributed by atoms with E-state index in [1.807, 2.05) is 20.0 Å². The van der Waals surface area contributed by atoms with Crippen LogP contribution in [0.3, 0.4) is 0 Å². The molecule has 0 aromatic heterocycles. The van der Waals surface area contributed by atoms with Gasteiger partial charge in [0.15, 0.2) is 0 Å². The van der Waals surface area contributed by atoms with Gasteiger partial charge in [0.05, 0.1) is 4.90 Å². The standard InChI is InChI=1S/C16H26N2O2S/c1-4-7-16(8-9-16)12-18-21(19,20)15-6-5-13(2)14(10-15)11-17-3/h5-6,10,17-18H,4,7-9,11-12H2,1-3H3. The van der Waals surface area contributed by atoms with Crippen molar-refractivity contribution in [2.75, 3.05) is 13.6 Å². The summed E-state index contributed by atoms with van der Waals surface area (Å²) < 4.78 is 27.7. The highest BCUT2D eigenvalue weighted by Crippen LogP contribution is 2.49. The van der Waals surface area contributed by atoms with Crippen LogP contribution in [0.25, 0.3) is 0 Å². The third-order valence-corrected chi connectivity index (χ3v) is 5.77. The van der Waals surface area contributed by atoms with Gasteiger partial charge in [-0.3, -0.25) is 0 Å². The van der Waals surface area contributed by atoms with E-state index in [2.05, 4.69) is 17.0 Å². The van der Waals surface area contributed by atoms with Crippen molar-refractivity contribution in [3.05, 3.63) is 29.3 Å². The molecule has 4 nitrogen and oxygen atoms in total. The fourth-order valence-electron chi connectivity index (χ4n) is 2.75. The maximum absolute atomic E-state index is 12.4. The van der Waals surface area contributed by atoms with Gasteiger partial charge in [-0.05, 0) is 61.9 Å². The molecule has 21 heavy (non-hydrogen) atoms. The third-order valence-electron chi connectivity index (χ3n) is 4.37. The van der Waals surface area contributed by atoms with Crippen LogP contribution in [-0.2, 0) is 16.6 Å². The molecule has 2 N–H and O–H groups in total. The Kier molecular flexibility index (Phi) is 5.07. The number of benzene rings is 1. The smallest absolute Gasteiger partial charge is 0.240 e. The molecular weight excluding hydrogens is 284 g/mol. The summed E-state index contributed by atoms with van der Waals surface area (Å²) in [6, 6.07) is 5.34. The van der Waals surface area contributed by atoms with E-state index in [0.29, 0.717) is 18.0 Å². The minimum absolute atomic E-state index is 0.223. The van der Waals surface area contributed by atoms with Crippen LogP contribution < -0.4 is 10.0 Å². The van der Waals surface area contributed by atoms with Gasteiger partial charge in [-0.25, -0.2) is 13.1 Å². The van der Waals surface area contributed by atoms with E-state index in [1.54, 1.807) is 12.1 Å². The van der Waals surface area contributed by atoms with Crippen molar-refractivity contribution in [1.29, 1.82) is 0 Å². The Bertz CT molecular complexity index is 592. The highest BCUT2D eigenvalue weighted by atomic mass is 32.2. The lowest BCUT2D eigenvalue weighted by atomic mass is 10.0. The van der Waals surface area contributed by atoms with Gasteiger partial charge < -0.3 is 5.32 Å². The summed E-state index contributed by atoms with van der Waals surface area (Å²) in [6.45, 7) is 5.39. The molecule has 1 aliphatic carbocycles. The molecule has 1 aromatic rings. The lowest BCUT2D eigenvalue weighted by Gasteiger charge is -2.16. The van der Waals surface area contributed by atoms with Gasteiger partial charge >= 0.3 is 0 Å². The number of hydrogen-bond acceptors (Lipinski definition) is 3. The number of nitrogens with one attached hydrogen (secondary N) is 2. The Morgan fingerprint density at radius 1 is 1.29 bits per heavy atom. The van der Waals surface area contributed by atoms with E-state index in [1.165, 1.54) is 0 Å². The second kappa shape index (κ2) is 6.46. The number of sulfonamides is 1. The first-order valence-corrected chi connectivity index (χ1v) is 9.14. The first-order valence-electron chi connectivity index (χ1n) is 7.66. The fourth-order valence-corrected chi connectivity index (χ4v) is 3.96. The van der Waals surface area contributed by atoms with Crippen LogP contribution in [0.15, 0.2) is 23.1 Å². The second-order valence-electron chi connectivity index (χ2n) is 6.19. The molecule has 0 amide bonds. The quantitative estimate of drug-likeness (QED) is 0.776. The maximum Gasteiger partial charge on any atom is 0.240 e. The molecule has 118 valence electrons. The van der Waals surface area contributed by atoms with Crippen LogP contribution in [0.4, 0.5) is 0 Å². The highest BCUT2D eigenvalue weighted by Gasteiger charge is 2.42. The number of rotatable bonds is 8. The van der Waals surface area contributed by atoms with Gasteiger partial charge in [0.25, 0.3) is 0 Å². The first kappa shape index (κ1) is 16.5. The van der Waals surface area contributed by atoms with Gasteiger partial charge in [0.2, 0.25) is 10.0 Å². The van der Waals surface area contributed by atoms with Crippen LogP contribution >= 0.6 is 0 Å². The van der Waals surface area contributed by atoms with Crippen LogP contribution in [-0.4, -0.2) is 22.0 Å². The molecular formula is C16H26N2O2S. The molecule has 0 spiro atoms. The van der Waals surface area contributed by atoms with Gasteiger partial charge in [-0.1, -0.05) is 19.4 Å². The minimum atomic E-state index is -3.41. The van der Waals surface area contributed by atoms with E-state index >= 15 is 0 Å². The molecule has 5 heteroatoms. The lowest BCUT2D eigenvalue weighted by Crippen LogP contribution is -2.30. The topological polar surface area (TPSA) is 58.2 Å². The average molecular weight is 310 g/mol. The first-order chi connectivity index (χ1) is 9.92. The molecule has 1 fully saturated rings. The van der Waals surface area contributed by atoms with E-state index < -0.39 is 10.0 Å². The Morgan fingerprint density at radius 2 is 2.00 bits per heavy atom. The summed E-state index contributed by atoms with van der Waals surface area (Å²) in [7, 11) is -1.55. The summed E-state index contributed by atoms with van der Waals surface area (Å²) in [5.41, 5.74) is 2.35. The largest absolute Gasteiger partial charge is 0.316 e. The molecule has 0 unspecified atom stereocenters. The SMILES string of the molecule is CCCC1(CNS(=O)(=O)c2ccc(C)c(CNC)c2)CC1. The maximum atomic E-state index is 12.4. The van der Waals surface area contributed by atoms with E-state index in [-0.39, 0.29) is 5.41 Å². The highest BCUT2D eigenvalue weighted by molar-refractivity contribution is 7.89. The van der Waals surface area contributed by atoms with E-state index in [0.717, 1.165) is 36.8 Å². The Hall–Kier alpha value is -0.910. The molecule has 1 aromatic carbocycles. The van der Waals surface area contributed by atoms with Crippen LogP contribution in [0, 0.1) is 12.3 Å². The van der Waals surface area contributed by atoms with E-state index in [9.17, 15) is 8.42 Å². The molecule has 0 aliphatic heterocycles. The molecule has 1 saturated carbocycles. The van der Waals surface area contributed by atoms with Gasteiger partial charge in [-0.15, -0.1) is 0 Å². The summed E-state index contributed by atoms with van der Waals surface area (Å²) in [6.07, 6.45) is 4.50.